The molecule has 82 valence electrons. The Bertz CT molecular complexity index is 361. The predicted octanol–water partition coefficient (Wildman–Crippen LogP) is 0.628. The summed E-state index contributed by atoms with van der Waals surface area (Å²) in [5, 5.41) is 16.8. The molecule has 0 spiro atoms. The van der Waals surface area contributed by atoms with Crippen LogP contribution in [0.25, 0.3) is 0 Å². The van der Waals surface area contributed by atoms with Crippen LogP contribution in [0.2, 0.25) is 0 Å². The average Bonchev–Trinajstić information content (AvgIpc) is 2.18. The highest BCUT2D eigenvalue weighted by Crippen LogP contribution is 2.13. The molecule has 1 rings (SSSR count). The second-order valence-corrected chi connectivity index (χ2v) is 4.68. The zero-order chi connectivity index (χ0) is 11.4. The number of aliphatic hydroxyl groups is 1. The predicted molar refractivity (Wildman–Crippen MR) is 56.0 cm³/mol. The van der Waals surface area contributed by atoms with E-state index in [2.05, 4.69) is 0 Å². The maximum atomic E-state index is 11.8. The van der Waals surface area contributed by atoms with Crippen molar-refractivity contribution in [3.63, 3.8) is 0 Å². The summed E-state index contributed by atoms with van der Waals surface area (Å²) in [6, 6.07) is 8.25. The lowest BCUT2D eigenvalue weighted by Crippen LogP contribution is -2.35. The van der Waals surface area contributed by atoms with Crippen LogP contribution in [-0.4, -0.2) is 31.7 Å². The Kier molecular flexibility index (Phi) is 3.99. The first kappa shape index (κ1) is 11.9. The monoisotopic (exact) mass is 228 g/mol. The van der Waals surface area contributed by atoms with Crippen molar-refractivity contribution in [1.82, 2.24) is 0 Å². The Morgan fingerprint density at radius 1 is 1.33 bits per heavy atom. The quantitative estimate of drug-likeness (QED) is 0.792. The zero-order valence-corrected chi connectivity index (χ0v) is 8.98. The molecule has 0 radical (unpaired) electrons. The van der Waals surface area contributed by atoms with Crippen molar-refractivity contribution < 1.29 is 19.2 Å². The van der Waals surface area contributed by atoms with Crippen LogP contribution in [0, 0.1) is 0 Å². The van der Waals surface area contributed by atoms with Gasteiger partial charge in [-0.3, -0.25) is 9.00 Å². The lowest BCUT2D eigenvalue weighted by atomic mass is 10.3. The molecular formula is C10H12O4S. The van der Waals surface area contributed by atoms with Crippen molar-refractivity contribution in [2.75, 3.05) is 0 Å². The normalized spacial score (nSPS) is 16.7. The van der Waals surface area contributed by atoms with Gasteiger partial charge in [-0.1, -0.05) is 18.2 Å². The average molecular weight is 228 g/mol. The molecule has 0 bridgehead atoms. The number of benzene rings is 1. The summed E-state index contributed by atoms with van der Waals surface area (Å²) in [6.07, 6.45) is -1.15. The Labute approximate surface area is 90.0 Å². The lowest BCUT2D eigenvalue weighted by molar-refractivity contribution is -0.138. The zero-order valence-electron chi connectivity index (χ0n) is 8.16. The molecule has 1 aromatic rings. The van der Waals surface area contributed by atoms with E-state index in [1.54, 1.807) is 30.3 Å². The standard InChI is InChI=1S/C10H12O4S/c1-7(11)9(10(12)13)15(14)8-5-3-2-4-6-8/h2-7,9,11H,1H3,(H,12,13). The first-order chi connectivity index (χ1) is 7.04. The van der Waals surface area contributed by atoms with Gasteiger partial charge in [-0.15, -0.1) is 0 Å². The SMILES string of the molecule is CC(O)C(C(=O)O)S(=O)c1ccccc1. The van der Waals surface area contributed by atoms with Crippen LogP contribution in [-0.2, 0) is 15.6 Å². The summed E-state index contributed by atoms with van der Waals surface area (Å²) in [5.74, 6) is -1.26. The summed E-state index contributed by atoms with van der Waals surface area (Å²) in [4.78, 5) is 11.2. The van der Waals surface area contributed by atoms with E-state index < -0.39 is 28.1 Å². The number of hydrogen-bond donors (Lipinski definition) is 2. The minimum atomic E-state index is -1.73. The van der Waals surface area contributed by atoms with Crippen molar-refractivity contribution in [2.24, 2.45) is 0 Å². The number of aliphatic hydroxyl groups excluding tert-OH is 1. The van der Waals surface area contributed by atoms with E-state index in [1.165, 1.54) is 6.92 Å². The molecule has 4 nitrogen and oxygen atoms in total. The topological polar surface area (TPSA) is 74.6 Å². The number of aliphatic carboxylic acids is 1. The minimum Gasteiger partial charge on any atom is -0.480 e. The van der Waals surface area contributed by atoms with E-state index in [0.717, 1.165) is 0 Å². The van der Waals surface area contributed by atoms with E-state index in [9.17, 15) is 14.1 Å². The fourth-order valence-electron chi connectivity index (χ4n) is 1.18. The number of hydrogen-bond acceptors (Lipinski definition) is 3. The van der Waals surface area contributed by atoms with Gasteiger partial charge >= 0.3 is 5.97 Å². The van der Waals surface area contributed by atoms with E-state index >= 15 is 0 Å². The summed E-state index contributed by atoms with van der Waals surface area (Å²) in [6.45, 7) is 1.32. The van der Waals surface area contributed by atoms with Gasteiger partial charge in [0, 0.05) is 4.90 Å². The molecule has 0 saturated carbocycles. The Balaban J connectivity index is 2.97. The fraction of sp³-hybridized carbons (Fsp3) is 0.300. The third kappa shape index (κ3) is 2.87. The number of carbonyl (C=O) groups is 1. The third-order valence-electron chi connectivity index (χ3n) is 1.89. The van der Waals surface area contributed by atoms with Gasteiger partial charge in [-0.2, -0.15) is 0 Å². The summed E-state index contributed by atoms with van der Waals surface area (Å²) < 4.78 is 11.8. The van der Waals surface area contributed by atoms with Crippen molar-refractivity contribution in [3.8, 4) is 0 Å². The molecule has 0 aliphatic rings. The summed E-state index contributed by atoms with van der Waals surface area (Å²) in [7, 11) is -1.73. The molecule has 0 saturated heterocycles. The number of rotatable bonds is 4. The van der Waals surface area contributed by atoms with Crippen LogP contribution in [0.5, 0.6) is 0 Å². The molecule has 0 aromatic heterocycles. The van der Waals surface area contributed by atoms with Crippen LogP contribution in [0.3, 0.4) is 0 Å². The third-order valence-corrected chi connectivity index (χ3v) is 3.68. The summed E-state index contributed by atoms with van der Waals surface area (Å²) in [5.41, 5.74) is 0. The first-order valence-electron chi connectivity index (χ1n) is 4.40. The molecule has 3 atom stereocenters. The van der Waals surface area contributed by atoms with Crippen LogP contribution >= 0.6 is 0 Å². The van der Waals surface area contributed by atoms with Gasteiger partial charge < -0.3 is 10.2 Å². The van der Waals surface area contributed by atoms with Crippen LogP contribution in [0.4, 0.5) is 0 Å². The second kappa shape index (κ2) is 5.04. The van der Waals surface area contributed by atoms with Crippen LogP contribution < -0.4 is 0 Å². The van der Waals surface area contributed by atoms with E-state index in [-0.39, 0.29) is 0 Å². The molecule has 0 amide bonds. The van der Waals surface area contributed by atoms with Gasteiger partial charge in [0.05, 0.1) is 16.9 Å². The molecule has 3 unspecified atom stereocenters. The largest absolute Gasteiger partial charge is 0.480 e. The highest BCUT2D eigenvalue weighted by atomic mass is 32.2. The van der Waals surface area contributed by atoms with E-state index in [0.29, 0.717) is 4.90 Å². The maximum absolute atomic E-state index is 11.8. The van der Waals surface area contributed by atoms with Crippen LogP contribution in [0.1, 0.15) is 6.92 Å². The van der Waals surface area contributed by atoms with Crippen molar-refractivity contribution in [2.45, 2.75) is 23.2 Å². The number of carboxylic acid groups (broad SMARTS) is 1. The minimum absolute atomic E-state index is 0.408. The smallest absolute Gasteiger partial charge is 0.322 e. The molecule has 5 heteroatoms. The molecule has 2 N–H and O–H groups in total. The van der Waals surface area contributed by atoms with Gasteiger partial charge in [0.2, 0.25) is 0 Å². The summed E-state index contributed by atoms with van der Waals surface area (Å²) >= 11 is 0. The lowest BCUT2D eigenvalue weighted by Gasteiger charge is -2.14. The van der Waals surface area contributed by atoms with Gasteiger partial charge in [0.15, 0.2) is 5.25 Å². The highest BCUT2D eigenvalue weighted by molar-refractivity contribution is 7.86. The van der Waals surface area contributed by atoms with Crippen molar-refractivity contribution in [3.05, 3.63) is 30.3 Å². The molecule has 0 aliphatic heterocycles. The molecule has 15 heavy (non-hydrogen) atoms. The fourth-order valence-corrected chi connectivity index (χ4v) is 2.44. The van der Waals surface area contributed by atoms with Crippen molar-refractivity contribution in [1.29, 1.82) is 0 Å². The van der Waals surface area contributed by atoms with Gasteiger partial charge in [0.25, 0.3) is 0 Å². The van der Waals surface area contributed by atoms with E-state index in [4.69, 9.17) is 5.11 Å². The Morgan fingerprint density at radius 3 is 2.27 bits per heavy atom. The Hall–Kier alpha value is -1.20. The van der Waals surface area contributed by atoms with Gasteiger partial charge in [0.1, 0.15) is 0 Å². The molecule has 1 aromatic carbocycles. The molecule has 0 heterocycles. The first-order valence-corrected chi connectivity index (χ1v) is 5.62. The number of carboxylic acids is 1. The molecule has 0 fully saturated rings. The Morgan fingerprint density at radius 2 is 1.87 bits per heavy atom. The van der Waals surface area contributed by atoms with Crippen molar-refractivity contribution >= 4 is 16.8 Å². The van der Waals surface area contributed by atoms with Gasteiger partial charge in [-0.25, -0.2) is 0 Å². The molecule has 0 aliphatic carbocycles. The second-order valence-electron chi connectivity index (χ2n) is 3.11. The van der Waals surface area contributed by atoms with Gasteiger partial charge in [-0.05, 0) is 19.1 Å². The van der Waals surface area contributed by atoms with Crippen LogP contribution in [0.15, 0.2) is 35.2 Å². The highest BCUT2D eigenvalue weighted by Gasteiger charge is 2.30. The maximum Gasteiger partial charge on any atom is 0.322 e. The van der Waals surface area contributed by atoms with E-state index in [1.807, 2.05) is 0 Å². The molecular weight excluding hydrogens is 216 g/mol.